The van der Waals surface area contributed by atoms with Gasteiger partial charge in [-0.1, -0.05) is 41.1 Å². The zero-order valence-corrected chi connectivity index (χ0v) is 11.3. The molecule has 0 aliphatic carbocycles. The lowest BCUT2D eigenvalue weighted by Crippen LogP contribution is -2.43. The second-order valence-corrected chi connectivity index (χ2v) is 5.58. The van der Waals surface area contributed by atoms with Crippen molar-refractivity contribution in [1.29, 1.82) is 0 Å². The van der Waals surface area contributed by atoms with Gasteiger partial charge in [0.1, 0.15) is 5.75 Å². The standard InChI is InChI=1S/C13H17BrN2O/c1-8-12(6-10(14)7-16-13(8)15)9-2-4-11(17)5-3-9/h2-6,8,10,13,16-17H,7,15H2,1H3. The lowest BCUT2D eigenvalue weighted by atomic mass is 9.92. The maximum absolute atomic E-state index is 9.31. The van der Waals surface area contributed by atoms with Gasteiger partial charge in [-0.15, -0.1) is 0 Å². The Labute approximate surface area is 110 Å². The Hall–Kier alpha value is -0.840. The normalized spacial score (nSPS) is 29.6. The van der Waals surface area contributed by atoms with Crippen molar-refractivity contribution in [2.45, 2.75) is 17.9 Å². The van der Waals surface area contributed by atoms with E-state index in [9.17, 15) is 5.11 Å². The van der Waals surface area contributed by atoms with Crippen LogP contribution in [0.5, 0.6) is 5.75 Å². The molecule has 3 unspecified atom stereocenters. The molecule has 0 spiro atoms. The average Bonchev–Trinajstić information content (AvgIpc) is 2.44. The van der Waals surface area contributed by atoms with Crippen LogP contribution in [0, 0.1) is 5.92 Å². The predicted octanol–water partition coefficient (Wildman–Crippen LogP) is 2.06. The summed E-state index contributed by atoms with van der Waals surface area (Å²) in [7, 11) is 0. The number of benzene rings is 1. The summed E-state index contributed by atoms with van der Waals surface area (Å²) in [4.78, 5) is 0.280. The maximum atomic E-state index is 9.31. The van der Waals surface area contributed by atoms with Gasteiger partial charge in [0.2, 0.25) is 0 Å². The SMILES string of the molecule is CC1C(c2ccc(O)cc2)=CC(Br)CNC1N. The molecule has 0 radical (unpaired) electrons. The first kappa shape index (κ1) is 12.6. The van der Waals surface area contributed by atoms with E-state index in [4.69, 9.17) is 5.73 Å². The molecule has 1 aromatic rings. The smallest absolute Gasteiger partial charge is 0.115 e. The highest BCUT2D eigenvalue weighted by atomic mass is 79.9. The number of aromatic hydroxyl groups is 1. The van der Waals surface area contributed by atoms with E-state index in [1.54, 1.807) is 12.1 Å². The number of rotatable bonds is 1. The first-order chi connectivity index (χ1) is 8.08. The molecule has 92 valence electrons. The minimum absolute atomic E-state index is 0.0439. The van der Waals surface area contributed by atoms with Gasteiger partial charge < -0.3 is 16.2 Å². The van der Waals surface area contributed by atoms with E-state index in [2.05, 4.69) is 34.2 Å². The molecule has 0 bridgehead atoms. The van der Waals surface area contributed by atoms with Crippen molar-refractivity contribution in [2.24, 2.45) is 11.7 Å². The Bertz CT molecular complexity index is 416. The minimum Gasteiger partial charge on any atom is -0.508 e. The number of phenols is 1. The summed E-state index contributed by atoms with van der Waals surface area (Å²) in [5, 5.41) is 12.6. The Kier molecular flexibility index (Phi) is 3.86. The molecule has 3 atom stereocenters. The Morgan fingerprint density at radius 3 is 2.65 bits per heavy atom. The van der Waals surface area contributed by atoms with Crippen molar-refractivity contribution in [2.75, 3.05) is 6.54 Å². The topological polar surface area (TPSA) is 58.3 Å². The maximum Gasteiger partial charge on any atom is 0.115 e. The molecule has 0 aromatic heterocycles. The summed E-state index contributed by atoms with van der Waals surface area (Å²) in [5.41, 5.74) is 8.40. The predicted molar refractivity (Wildman–Crippen MR) is 73.9 cm³/mol. The fourth-order valence-electron chi connectivity index (χ4n) is 2.04. The van der Waals surface area contributed by atoms with Crippen LogP contribution < -0.4 is 11.1 Å². The zero-order valence-electron chi connectivity index (χ0n) is 9.73. The van der Waals surface area contributed by atoms with Gasteiger partial charge in [-0.05, 0) is 23.3 Å². The van der Waals surface area contributed by atoms with Crippen LogP contribution in [0.4, 0.5) is 0 Å². The average molecular weight is 297 g/mol. The number of hydrogen-bond acceptors (Lipinski definition) is 3. The summed E-state index contributed by atoms with van der Waals surface area (Å²) in [5.74, 6) is 0.524. The number of halogens is 1. The Morgan fingerprint density at radius 1 is 1.35 bits per heavy atom. The van der Waals surface area contributed by atoms with Crippen molar-refractivity contribution in [3.63, 3.8) is 0 Å². The second kappa shape index (κ2) is 5.21. The second-order valence-electron chi connectivity index (χ2n) is 4.41. The van der Waals surface area contributed by atoms with Crippen LogP contribution in [-0.2, 0) is 0 Å². The van der Waals surface area contributed by atoms with Gasteiger partial charge in [0.15, 0.2) is 0 Å². The first-order valence-corrected chi connectivity index (χ1v) is 6.63. The lowest BCUT2D eigenvalue weighted by Gasteiger charge is -2.21. The fourth-order valence-corrected chi connectivity index (χ4v) is 2.51. The summed E-state index contributed by atoms with van der Waals surface area (Å²) >= 11 is 3.60. The quantitative estimate of drug-likeness (QED) is 0.695. The van der Waals surface area contributed by atoms with Crippen LogP contribution >= 0.6 is 15.9 Å². The van der Waals surface area contributed by atoms with Gasteiger partial charge in [-0.2, -0.15) is 0 Å². The van der Waals surface area contributed by atoms with Crippen molar-refractivity contribution < 1.29 is 5.11 Å². The fraction of sp³-hybridized carbons (Fsp3) is 0.385. The van der Waals surface area contributed by atoms with E-state index >= 15 is 0 Å². The molecule has 0 amide bonds. The molecule has 2 rings (SSSR count). The molecule has 1 aliphatic heterocycles. The highest BCUT2D eigenvalue weighted by Crippen LogP contribution is 2.29. The molecule has 1 aromatic carbocycles. The number of alkyl halides is 1. The Balaban J connectivity index is 2.36. The summed E-state index contributed by atoms with van der Waals surface area (Å²) in [6, 6.07) is 7.26. The molecule has 1 aliphatic rings. The molecule has 0 saturated carbocycles. The molecule has 0 fully saturated rings. The number of hydrogen-bond donors (Lipinski definition) is 3. The van der Waals surface area contributed by atoms with Crippen molar-refractivity contribution in [3.8, 4) is 5.75 Å². The van der Waals surface area contributed by atoms with Crippen LogP contribution in [0.3, 0.4) is 0 Å². The third-order valence-electron chi connectivity index (χ3n) is 3.14. The molecule has 0 saturated heterocycles. The van der Waals surface area contributed by atoms with Gasteiger partial charge in [-0.3, -0.25) is 0 Å². The summed E-state index contributed by atoms with van der Waals surface area (Å²) in [6.45, 7) is 2.94. The number of phenolic OH excluding ortho intramolecular Hbond substituents is 1. The van der Waals surface area contributed by atoms with Gasteiger partial charge in [0.25, 0.3) is 0 Å². The largest absolute Gasteiger partial charge is 0.508 e. The number of nitrogens with one attached hydrogen (secondary N) is 1. The summed E-state index contributed by atoms with van der Waals surface area (Å²) in [6.07, 6.45) is 2.15. The molecule has 1 heterocycles. The van der Waals surface area contributed by atoms with Crippen LogP contribution in [-0.4, -0.2) is 22.6 Å². The van der Waals surface area contributed by atoms with Crippen molar-refractivity contribution >= 4 is 21.5 Å². The highest BCUT2D eigenvalue weighted by Gasteiger charge is 2.23. The first-order valence-electron chi connectivity index (χ1n) is 5.72. The van der Waals surface area contributed by atoms with Crippen LogP contribution in [0.1, 0.15) is 12.5 Å². The van der Waals surface area contributed by atoms with E-state index in [-0.39, 0.29) is 22.7 Å². The third-order valence-corrected chi connectivity index (χ3v) is 3.73. The van der Waals surface area contributed by atoms with Crippen LogP contribution in [0.15, 0.2) is 30.3 Å². The molecular weight excluding hydrogens is 280 g/mol. The molecule has 4 heteroatoms. The monoisotopic (exact) mass is 296 g/mol. The molecule has 4 N–H and O–H groups in total. The number of nitrogens with two attached hydrogens (primary N) is 1. The van der Waals surface area contributed by atoms with E-state index < -0.39 is 0 Å². The van der Waals surface area contributed by atoms with Crippen molar-refractivity contribution in [3.05, 3.63) is 35.9 Å². The lowest BCUT2D eigenvalue weighted by molar-refractivity contribution is 0.467. The van der Waals surface area contributed by atoms with Crippen molar-refractivity contribution in [1.82, 2.24) is 5.32 Å². The molecule has 3 nitrogen and oxygen atoms in total. The summed E-state index contributed by atoms with van der Waals surface area (Å²) < 4.78 is 0. The van der Waals surface area contributed by atoms with Gasteiger partial charge in [0, 0.05) is 17.3 Å². The van der Waals surface area contributed by atoms with Crippen LogP contribution in [0.2, 0.25) is 0 Å². The van der Waals surface area contributed by atoms with E-state index in [1.165, 1.54) is 5.57 Å². The van der Waals surface area contributed by atoms with Gasteiger partial charge in [-0.25, -0.2) is 0 Å². The molecular formula is C13H17BrN2O. The Morgan fingerprint density at radius 2 is 2.00 bits per heavy atom. The minimum atomic E-state index is -0.0439. The van der Waals surface area contributed by atoms with E-state index in [1.807, 2.05) is 12.1 Å². The highest BCUT2D eigenvalue weighted by molar-refractivity contribution is 9.09. The molecule has 17 heavy (non-hydrogen) atoms. The van der Waals surface area contributed by atoms with Gasteiger partial charge in [0.05, 0.1) is 6.17 Å². The van der Waals surface area contributed by atoms with E-state index in [0.29, 0.717) is 0 Å². The van der Waals surface area contributed by atoms with Gasteiger partial charge >= 0.3 is 0 Å². The third kappa shape index (κ3) is 2.89. The van der Waals surface area contributed by atoms with Crippen LogP contribution in [0.25, 0.3) is 5.57 Å². The van der Waals surface area contributed by atoms with E-state index in [0.717, 1.165) is 12.1 Å². The zero-order chi connectivity index (χ0) is 12.4.